The molecule has 1 amide bonds. The van der Waals surface area contributed by atoms with Crippen molar-refractivity contribution in [1.82, 2.24) is 4.90 Å². The third kappa shape index (κ3) is 4.22. The fraction of sp³-hybridized carbons (Fsp3) is 0.450. The van der Waals surface area contributed by atoms with Crippen molar-refractivity contribution in [3.05, 3.63) is 51.7 Å². The van der Waals surface area contributed by atoms with E-state index in [0.717, 1.165) is 36.6 Å². The number of likely N-dealkylation sites (tertiary alicyclic amines) is 1. The molecular formula is C20H25NO3S. The largest absolute Gasteiger partial charge is 0.497 e. The summed E-state index contributed by atoms with van der Waals surface area (Å²) in [6, 6.07) is 12.1. The fourth-order valence-corrected chi connectivity index (χ4v) is 4.31. The topological polar surface area (TPSA) is 38.8 Å². The summed E-state index contributed by atoms with van der Waals surface area (Å²) in [5, 5.41) is 0. The average molecular weight is 359 g/mol. The molecule has 0 saturated carbocycles. The summed E-state index contributed by atoms with van der Waals surface area (Å²) in [4.78, 5) is 16.8. The second kappa shape index (κ2) is 8.02. The van der Waals surface area contributed by atoms with Gasteiger partial charge in [-0.15, -0.1) is 11.3 Å². The highest BCUT2D eigenvalue weighted by atomic mass is 32.1. The number of carbonyl (C=O) groups is 1. The van der Waals surface area contributed by atoms with Crippen molar-refractivity contribution in [2.45, 2.75) is 25.9 Å². The molecule has 0 bridgehead atoms. The first-order valence-electron chi connectivity index (χ1n) is 8.62. The smallest absolute Gasteiger partial charge is 0.263 e. The molecule has 0 N–H and O–H groups in total. The lowest BCUT2D eigenvalue weighted by atomic mass is 9.88. The van der Waals surface area contributed by atoms with Crippen LogP contribution in [0.4, 0.5) is 0 Å². The Balaban J connectivity index is 1.70. The van der Waals surface area contributed by atoms with Gasteiger partial charge in [-0.2, -0.15) is 0 Å². The van der Waals surface area contributed by atoms with Gasteiger partial charge in [0.1, 0.15) is 5.75 Å². The van der Waals surface area contributed by atoms with Crippen LogP contribution < -0.4 is 4.74 Å². The molecule has 0 aliphatic carbocycles. The molecule has 1 saturated heterocycles. The lowest BCUT2D eigenvalue weighted by Crippen LogP contribution is -2.47. The molecule has 134 valence electrons. The first-order chi connectivity index (χ1) is 12.1. The van der Waals surface area contributed by atoms with Gasteiger partial charge in [0.25, 0.3) is 5.91 Å². The van der Waals surface area contributed by atoms with Crippen LogP contribution in [0.3, 0.4) is 0 Å². The van der Waals surface area contributed by atoms with Gasteiger partial charge in [0.15, 0.2) is 0 Å². The van der Waals surface area contributed by atoms with E-state index in [-0.39, 0.29) is 12.0 Å². The van der Waals surface area contributed by atoms with Crippen LogP contribution in [0.1, 0.15) is 26.5 Å². The van der Waals surface area contributed by atoms with Crippen LogP contribution in [0.5, 0.6) is 5.75 Å². The van der Waals surface area contributed by atoms with E-state index in [0.29, 0.717) is 5.92 Å². The molecule has 1 aliphatic rings. The Morgan fingerprint density at radius 2 is 1.96 bits per heavy atom. The molecule has 1 aliphatic heterocycles. The van der Waals surface area contributed by atoms with Gasteiger partial charge in [-0.05, 0) is 49.6 Å². The van der Waals surface area contributed by atoms with Crippen molar-refractivity contribution in [3.8, 4) is 5.75 Å². The highest BCUT2D eigenvalue weighted by molar-refractivity contribution is 7.13. The Kier molecular flexibility index (Phi) is 5.76. The Bertz CT molecular complexity index is 710. The zero-order valence-electron chi connectivity index (χ0n) is 15.0. The van der Waals surface area contributed by atoms with E-state index in [1.807, 2.05) is 36.1 Å². The maximum Gasteiger partial charge on any atom is 0.263 e. The molecule has 2 heterocycles. The lowest BCUT2D eigenvalue weighted by Gasteiger charge is -2.38. The van der Waals surface area contributed by atoms with E-state index in [1.54, 1.807) is 25.6 Å². The van der Waals surface area contributed by atoms with Crippen molar-refractivity contribution in [2.24, 2.45) is 5.92 Å². The fourth-order valence-electron chi connectivity index (χ4n) is 3.47. The minimum absolute atomic E-state index is 0.146. The van der Waals surface area contributed by atoms with Gasteiger partial charge in [0.05, 0.1) is 18.1 Å². The molecule has 2 atom stereocenters. The van der Waals surface area contributed by atoms with E-state index in [2.05, 4.69) is 12.1 Å². The summed E-state index contributed by atoms with van der Waals surface area (Å²) in [6.07, 6.45) is 1.97. The van der Waals surface area contributed by atoms with Gasteiger partial charge < -0.3 is 14.4 Å². The molecule has 4 nitrogen and oxygen atoms in total. The van der Waals surface area contributed by atoms with Crippen LogP contribution in [0.15, 0.2) is 36.4 Å². The highest BCUT2D eigenvalue weighted by Crippen LogP contribution is 2.27. The maximum absolute atomic E-state index is 12.8. The van der Waals surface area contributed by atoms with Gasteiger partial charge in [-0.25, -0.2) is 0 Å². The van der Waals surface area contributed by atoms with E-state index in [9.17, 15) is 4.79 Å². The molecule has 0 unspecified atom stereocenters. The van der Waals surface area contributed by atoms with E-state index < -0.39 is 0 Å². The predicted octanol–water partition coefficient (Wildman–Crippen LogP) is 3.78. The van der Waals surface area contributed by atoms with Crippen molar-refractivity contribution in [2.75, 3.05) is 27.3 Å². The monoisotopic (exact) mass is 359 g/mol. The molecule has 5 heteroatoms. The van der Waals surface area contributed by atoms with Crippen LogP contribution in [-0.2, 0) is 11.2 Å². The van der Waals surface area contributed by atoms with Crippen LogP contribution in [0, 0.1) is 12.8 Å². The van der Waals surface area contributed by atoms with Gasteiger partial charge in [-0.3, -0.25) is 4.79 Å². The van der Waals surface area contributed by atoms with Crippen molar-refractivity contribution in [3.63, 3.8) is 0 Å². The Morgan fingerprint density at radius 3 is 2.56 bits per heavy atom. The SMILES string of the molecule is COc1ccc(C[C@H]2CN(C(=O)c3ccc(C)s3)CC[C@@H]2OC)cc1. The summed E-state index contributed by atoms with van der Waals surface area (Å²) in [5.74, 6) is 1.31. The molecule has 0 spiro atoms. The second-order valence-electron chi connectivity index (χ2n) is 6.54. The molecule has 1 fully saturated rings. The third-order valence-electron chi connectivity index (χ3n) is 4.86. The van der Waals surface area contributed by atoms with E-state index in [1.165, 1.54) is 10.4 Å². The number of thiophene rings is 1. The molecule has 0 radical (unpaired) electrons. The number of piperidine rings is 1. The predicted molar refractivity (Wildman–Crippen MR) is 101 cm³/mol. The molecule has 1 aromatic carbocycles. The van der Waals surface area contributed by atoms with Gasteiger partial charge in [0, 0.05) is 31.0 Å². The number of rotatable bonds is 5. The van der Waals surface area contributed by atoms with Crippen LogP contribution in [-0.4, -0.2) is 44.2 Å². The number of hydrogen-bond acceptors (Lipinski definition) is 4. The van der Waals surface area contributed by atoms with Crippen LogP contribution in [0.2, 0.25) is 0 Å². The van der Waals surface area contributed by atoms with E-state index >= 15 is 0 Å². The molecular weight excluding hydrogens is 334 g/mol. The maximum atomic E-state index is 12.8. The Labute approximate surface area is 153 Å². The standard InChI is InChI=1S/C20H25NO3S/c1-14-4-9-19(25-14)20(22)21-11-10-18(24-3)16(13-21)12-15-5-7-17(23-2)8-6-15/h4-9,16,18H,10-13H2,1-3H3/t16-,18-/m0/s1. The number of aryl methyl sites for hydroxylation is 1. The van der Waals surface area contributed by atoms with Crippen LogP contribution in [0.25, 0.3) is 0 Å². The number of ether oxygens (including phenoxy) is 2. The van der Waals surface area contributed by atoms with Crippen molar-refractivity contribution in [1.29, 1.82) is 0 Å². The Hall–Kier alpha value is -1.85. The van der Waals surface area contributed by atoms with E-state index in [4.69, 9.17) is 9.47 Å². The first kappa shape index (κ1) is 18.0. The van der Waals surface area contributed by atoms with Gasteiger partial charge in [0.2, 0.25) is 0 Å². The summed E-state index contributed by atoms with van der Waals surface area (Å²) in [7, 11) is 3.44. The quantitative estimate of drug-likeness (QED) is 0.815. The number of benzene rings is 1. The van der Waals surface area contributed by atoms with Crippen LogP contribution >= 0.6 is 11.3 Å². The average Bonchev–Trinajstić information content (AvgIpc) is 3.08. The van der Waals surface area contributed by atoms with Gasteiger partial charge >= 0.3 is 0 Å². The van der Waals surface area contributed by atoms with Crippen molar-refractivity contribution >= 4 is 17.2 Å². The highest BCUT2D eigenvalue weighted by Gasteiger charge is 2.32. The third-order valence-corrected chi connectivity index (χ3v) is 5.85. The number of hydrogen-bond donors (Lipinski definition) is 0. The second-order valence-corrected chi connectivity index (χ2v) is 7.82. The number of amides is 1. The first-order valence-corrected chi connectivity index (χ1v) is 9.43. The number of methoxy groups -OCH3 is 2. The zero-order valence-corrected chi connectivity index (χ0v) is 15.8. The number of carbonyl (C=O) groups excluding carboxylic acids is 1. The summed E-state index contributed by atoms with van der Waals surface area (Å²) < 4.78 is 10.9. The van der Waals surface area contributed by atoms with Crippen molar-refractivity contribution < 1.29 is 14.3 Å². The molecule has 1 aromatic heterocycles. The zero-order chi connectivity index (χ0) is 17.8. The summed E-state index contributed by atoms with van der Waals surface area (Å²) in [5.41, 5.74) is 1.24. The van der Waals surface area contributed by atoms with Gasteiger partial charge in [-0.1, -0.05) is 12.1 Å². The lowest BCUT2D eigenvalue weighted by molar-refractivity contribution is -0.00284. The minimum Gasteiger partial charge on any atom is -0.497 e. The Morgan fingerprint density at radius 1 is 1.20 bits per heavy atom. The molecule has 3 rings (SSSR count). The molecule has 2 aromatic rings. The summed E-state index contributed by atoms with van der Waals surface area (Å²) >= 11 is 1.57. The number of nitrogens with zero attached hydrogens (tertiary/aromatic N) is 1. The summed E-state index contributed by atoms with van der Waals surface area (Å²) in [6.45, 7) is 3.53. The minimum atomic E-state index is 0.146. The normalized spacial score (nSPS) is 20.5. The molecule has 25 heavy (non-hydrogen) atoms.